The van der Waals surface area contributed by atoms with Crippen LogP contribution in [0.2, 0.25) is 0 Å². The summed E-state index contributed by atoms with van der Waals surface area (Å²) in [6.45, 7) is 17.9. The lowest BCUT2D eigenvalue weighted by atomic mass is 9.89. The first-order valence-corrected chi connectivity index (χ1v) is 10.4. The molecule has 0 aromatic carbocycles. The summed E-state index contributed by atoms with van der Waals surface area (Å²) in [7, 11) is 2.13. The molecule has 0 radical (unpaired) electrons. The first kappa shape index (κ1) is 26.8. The minimum atomic E-state index is -0.423. The van der Waals surface area contributed by atoms with Gasteiger partial charge in [-0.1, -0.05) is 27.7 Å². The summed E-state index contributed by atoms with van der Waals surface area (Å²) in [4.78, 5) is 16.1. The smallest absolute Gasteiger partial charge is 0.410 e. The van der Waals surface area contributed by atoms with Crippen LogP contribution in [0.4, 0.5) is 4.79 Å². The summed E-state index contributed by atoms with van der Waals surface area (Å²) < 4.78 is 11.4. The number of carbonyl (C=O) groups excluding carboxylic acids is 1. The van der Waals surface area contributed by atoms with Crippen molar-refractivity contribution in [3.8, 4) is 0 Å². The first-order chi connectivity index (χ1) is 11.8. The van der Waals surface area contributed by atoms with E-state index in [-0.39, 0.29) is 11.7 Å². The Morgan fingerprint density at radius 1 is 1.04 bits per heavy atom. The number of nitrogens with zero attached hydrogens (tertiary/aromatic N) is 2. The number of morpholine rings is 1. The zero-order valence-electron chi connectivity index (χ0n) is 18.0. The molecule has 2 rings (SSSR count). The van der Waals surface area contributed by atoms with Crippen molar-refractivity contribution >= 4 is 18.7 Å². The Balaban J connectivity index is 0. The Morgan fingerprint density at radius 3 is 1.92 bits per heavy atom. The van der Waals surface area contributed by atoms with E-state index in [1.165, 1.54) is 0 Å². The van der Waals surface area contributed by atoms with E-state index in [9.17, 15) is 4.79 Å². The maximum atomic E-state index is 12.0. The van der Waals surface area contributed by atoms with E-state index >= 15 is 0 Å². The Hall–Kier alpha value is -0.460. The van der Waals surface area contributed by atoms with Crippen LogP contribution in [0.5, 0.6) is 0 Å². The molecule has 2 saturated heterocycles. The number of likely N-dealkylation sites (N-methyl/N-ethyl adjacent to an activating group) is 1. The number of likely N-dealkylation sites (tertiary alicyclic amines) is 1. The van der Waals surface area contributed by atoms with Crippen LogP contribution < -0.4 is 0 Å². The highest BCUT2D eigenvalue weighted by Gasteiger charge is 2.40. The molecule has 2 aliphatic rings. The van der Waals surface area contributed by atoms with Crippen molar-refractivity contribution < 1.29 is 14.3 Å². The Bertz CT molecular complexity index is 338. The molecule has 0 saturated carbocycles. The summed E-state index contributed by atoms with van der Waals surface area (Å²) in [5.41, 5.74) is -0.473. The SMILES string of the molecule is CC.CC.CN1CCOC2(CCN(C(=O)OC(C)(C)C)CC2)C1.CS. The molecule has 1 spiro atoms. The standard InChI is InChI=1S/C14H26N2O3.2C2H6.CH4S/c1-13(2,3)19-12(17)16-7-5-14(6-8-16)11-15(4)9-10-18-14;3*1-2/h5-11H2,1-4H3;2*1-2H3;2H,1H3. The highest BCUT2D eigenvalue weighted by molar-refractivity contribution is 7.79. The van der Waals surface area contributed by atoms with E-state index in [0.717, 1.165) is 45.6 Å². The lowest BCUT2D eigenvalue weighted by molar-refractivity contribution is -0.129. The van der Waals surface area contributed by atoms with Gasteiger partial charge in [0.15, 0.2) is 0 Å². The van der Waals surface area contributed by atoms with Gasteiger partial charge in [-0.2, -0.15) is 12.6 Å². The molecule has 0 aromatic heterocycles. The molecule has 5 nitrogen and oxygen atoms in total. The summed E-state index contributed by atoms with van der Waals surface area (Å²) in [6.07, 6.45) is 3.29. The third kappa shape index (κ3) is 10.3. The van der Waals surface area contributed by atoms with Crippen molar-refractivity contribution in [1.29, 1.82) is 0 Å². The van der Waals surface area contributed by atoms with Crippen LogP contribution >= 0.6 is 12.6 Å². The van der Waals surface area contributed by atoms with Crippen molar-refractivity contribution in [2.45, 2.75) is 72.5 Å². The summed E-state index contributed by atoms with van der Waals surface area (Å²) in [5.74, 6) is 0. The molecule has 0 bridgehead atoms. The second kappa shape index (κ2) is 13.7. The van der Waals surface area contributed by atoms with Crippen molar-refractivity contribution in [1.82, 2.24) is 9.80 Å². The van der Waals surface area contributed by atoms with Crippen LogP contribution in [-0.4, -0.2) is 73.2 Å². The average Bonchev–Trinajstić information content (AvgIpc) is 2.59. The zero-order chi connectivity index (χ0) is 20.1. The van der Waals surface area contributed by atoms with Crippen molar-refractivity contribution in [3.63, 3.8) is 0 Å². The molecule has 25 heavy (non-hydrogen) atoms. The van der Waals surface area contributed by atoms with Gasteiger partial charge in [-0.15, -0.1) is 0 Å². The van der Waals surface area contributed by atoms with Gasteiger partial charge in [0.2, 0.25) is 0 Å². The van der Waals surface area contributed by atoms with Crippen LogP contribution in [0.25, 0.3) is 0 Å². The average molecular weight is 379 g/mol. The largest absolute Gasteiger partial charge is 0.444 e. The molecule has 0 aliphatic carbocycles. The molecule has 152 valence electrons. The Labute approximate surface area is 161 Å². The Kier molecular flexibility index (Phi) is 14.7. The van der Waals surface area contributed by atoms with E-state index in [0.29, 0.717) is 0 Å². The first-order valence-electron chi connectivity index (χ1n) is 9.55. The summed E-state index contributed by atoms with van der Waals surface area (Å²) in [6, 6.07) is 0. The highest BCUT2D eigenvalue weighted by atomic mass is 32.1. The lowest BCUT2D eigenvalue weighted by Gasteiger charge is -2.46. The number of hydrogen-bond donors (Lipinski definition) is 1. The van der Waals surface area contributed by atoms with Gasteiger partial charge in [-0.05, 0) is 46.9 Å². The van der Waals surface area contributed by atoms with Crippen LogP contribution in [0.15, 0.2) is 0 Å². The topological polar surface area (TPSA) is 42.0 Å². The molecule has 0 N–H and O–H groups in total. The van der Waals surface area contributed by atoms with Gasteiger partial charge in [-0.25, -0.2) is 4.79 Å². The van der Waals surface area contributed by atoms with E-state index in [1.54, 1.807) is 11.2 Å². The molecule has 0 atom stereocenters. The van der Waals surface area contributed by atoms with Crippen molar-refractivity contribution in [3.05, 3.63) is 0 Å². The summed E-state index contributed by atoms with van der Waals surface area (Å²) >= 11 is 3.53. The van der Waals surface area contributed by atoms with Crippen LogP contribution in [0, 0.1) is 0 Å². The molecule has 2 fully saturated rings. The van der Waals surface area contributed by atoms with Crippen LogP contribution in [-0.2, 0) is 9.47 Å². The van der Waals surface area contributed by atoms with Gasteiger partial charge >= 0.3 is 6.09 Å². The third-order valence-corrected chi connectivity index (χ3v) is 3.77. The van der Waals surface area contributed by atoms with Gasteiger partial charge in [0.05, 0.1) is 12.2 Å². The molecule has 0 unspecified atom stereocenters. The van der Waals surface area contributed by atoms with Crippen molar-refractivity contribution in [2.75, 3.05) is 46.1 Å². The molecule has 2 aliphatic heterocycles. The molecule has 6 heteroatoms. The predicted molar refractivity (Wildman–Crippen MR) is 111 cm³/mol. The number of ether oxygens (including phenoxy) is 2. The monoisotopic (exact) mass is 378 g/mol. The number of thiol groups is 1. The second-order valence-corrected chi connectivity index (χ2v) is 6.74. The lowest BCUT2D eigenvalue weighted by Crippen LogP contribution is -2.57. The molecule has 2 heterocycles. The minimum absolute atomic E-state index is 0.0501. The highest BCUT2D eigenvalue weighted by Crippen LogP contribution is 2.30. The molecular weight excluding hydrogens is 336 g/mol. The van der Waals surface area contributed by atoms with Gasteiger partial charge in [0, 0.05) is 26.2 Å². The molecule has 0 aromatic rings. The number of hydrogen-bond acceptors (Lipinski definition) is 5. The maximum Gasteiger partial charge on any atom is 0.410 e. The molecule has 1 amide bonds. The van der Waals surface area contributed by atoms with Gasteiger partial charge in [-0.3, -0.25) is 0 Å². The van der Waals surface area contributed by atoms with Gasteiger partial charge < -0.3 is 19.3 Å². The van der Waals surface area contributed by atoms with Gasteiger partial charge in [0.1, 0.15) is 5.60 Å². The Morgan fingerprint density at radius 2 is 1.52 bits per heavy atom. The number of piperidine rings is 1. The third-order valence-electron chi connectivity index (χ3n) is 3.77. The van der Waals surface area contributed by atoms with E-state index in [2.05, 4.69) is 24.6 Å². The van der Waals surface area contributed by atoms with Crippen LogP contribution in [0.3, 0.4) is 0 Å². The zero-order valence-corrected chi connectivity index (χ0v) is 18.9. The van der Waals surface area contributed by atoms with Crippen molar-refractivity contribution in [2.24, 2.45) is 0 Å². The quantitative estimate of drug-likeness (QED) is 0.638. The fraction of sp³-hybridized carbons (Fsp3) is 0.947. The van der Waals surface area contributed by atoms with Gasteiger partial charge in [0.25, 0.3) is 0 Å². The second-order valence-electron chi connectivity index (χ2n) is 6.74. The van der Waals surface area contributed by atoms with E-state index in [4.69, 9.17) is 9.47 Å². The van der Waals surface area contributed by atoms with Crippen LogP contribution in [0.1, 0.15) is 61.3 Å². The summed E-state index contributed by atoms with van der Waals surface area (Å²) in [5, 5.41) is 0. The number of rotatable bonds is 0. The predicted octanol–water partition coefficient (Wildman–Crippen LogP) is 4.32. The maximum absolute atomic E-state index is 12.0. The van der Waals surface area contributed by atoms with E-state index < -0.39 is 5.60 Å². The fourth-order valence-corrected chi connectivity index (χ4v) is 2.76. The number of amides is 1. The van der Waals surface area contributed by atoms with E-state index in [1.807, 2.05) is 48.5 Å². The fourth-order valence-electron chi connectivity index (χ4n) is 2.76. The number of carbonyl (C=O) groups is 1. The minimum Gasteiger partial charge on any atom is -0.444 e. The molecular formula is C19H42N2O3S. The normalized spacial score (nSPS) is 19.4.